The van der Waals surface area contributed by atoms with Crippen LogP contribution in [0.2, 0.25) is 5.15 Å². The van der Waals surface area contributed by atoms with Crippen LogP contribution in [-0.4, -0.2) is 4.98 Å². The van der Waals surface area contributed by atoms with Crippen molar-refractivity contribution < 1.29 is 4.74 Å². The van der Waals surface area contributed by atoms with E-state index in [1.165, 1.54) is 11.1 Å². The summed E-state index contributed by atoms with van der Waals surface area (Å²) in [4.78, 5) is 3.90. The number of aromatic nitrogens is 1. The average Bonchev–Trinajstić information content (AvgIpc) is 2.15. The normalized spacial score (nSPS) is 10.2. The molecule has 82 valence electrons. The van der Waals surface area contributed by atoms with E-state index in [2.05, 4.69) is 11.1 Å². The van der Waals surface area contributed by atoms with Gasteiger partial charge in [-0.05, 0) is 43.2 Å². The van der Waals surface area contributed by atoms with Gasteiger partial charge in [-0.15, -0.1) is 0 Å². The predicted octanol–water partition coefficient (Wildman–Crippen LogP) is 4.14. The number of pyridine rings is 1. The number of rotatable bonds is 2. The van der Waals surface area contributed by atoms with E-state index < -0.39 is 0 Å². The molecule has 0 saturated heterocycles. The van der Waals surface area contributed by atoms with E-state index >= 15 is 0 Å². The van der Waals surface area contributed by atoms with Crippen LogP contribution in [0.15, 0.2) is 36.5 Å². The van der Waals surface area contributed by atoms with Gasteiger partial charge in [-0.1, -0.05) is 17.7 Å². The van der Waals surface area contributed by atoms with Crippen LogP contribution in [0.3, 0.4) is 0 Å². The Balaban J connectivity index is 2.27. The zero-order chi connectivity index (χ0) is 11.5. The molecule has 0 saturated carbocycles. The highest BCUT2D eigenvalue weighted by atomic mass is 35.5. The van der Waals surface area contributed by atoms with Crippen LogP contribution in [0.5, 0.6) is 11.5 Å². The highest BCUT2D eigenvalue weighted by Gasteiger charge is 2.00. The molecule has 0 amide bonds. The van der Waals surface area contributed by atoms with Crippen molar-refractivity contribution in [3.8, 4) is 11.5 Å². The SMILES string of the molecule is Cc1cc(C)cc(Oc2ccnc(Cl)c2)c1. The van der Waals surface area contributed by atoms with Gasteiger partial charge in [0.05, 0.1) is 0 Å². The molecule has 0 atom stereocenters. The molecule has 1 aromatic carbocycles. The van der Waals surface area contributed by atoms with Crippen LogP contribution >= 0.6 is 11.6 Å². The number of hydrogen-bond acceptors (Lipinski definition) is 2. The molecule has 0 radical (unpaired) electrons. The molecule has 0 bridgehead atoms. The number of halogens is 1. The molecule has 3 heteroatoms. The highest BCUT2D eigenvalue weighted by Crippen LogP contribution is 2.24. The quantitative estimate of drug-likeness (QED) is 0.728. The Morgan fingerprint density at radius 1 is 1.00 bits per heavy atom. The Kier molecular flexibility index (Phi) is 3.11. The number of benzene rings is 1. The molecular formula is C13H12ClNO. The van der Waals surface area contributed by atoms with E-state index in [1.807, 2.05) is 26.0 Å². The van der Waals surface area contributed by atoms with Gasteiger partial charge in [0, 0.05) is 12.3 Å². The van der Waals surface area contributed by atoms with Crippen molar-refractivity contribution in [1.29, 1.82) is 0 Å². The lowest BCUT2D eigenvalue weighted by molar-refractivity contribution is 0.481. The lowest BCUT2D eigenvalue weighted by atomic mass is 10.1. The van der Waals surface area contributed by atoms with Crippen molar-refractivity contribution in [2.45, 2.75) is 13.8 Å². The van der Waals surface area contributed by atoms with Crippen LogP contribution in [0, 0.1) is 13.8 Å². The summed E-state index contributed by atoms with van der Waals surface area (Å²) in [5.74, 6) is 1.52. The molecular weight excluding hydrogens is 222 g/mol. The molecule has 0 fully saturated rings. The smallest absolute Gasteiger partial charge is 0.132 e. The topological polar surface area (TPSA) is 22.1 Å². The third-order valence-corrected chi connectivity index (χ3v) is 2.34. The standard InChI is InChI=1S/C13H12ClNO/c1-9-5-10(2)7-12(6-9)16-11-3-4-15-13(14)8-11/h3-8H,1-2H3. The van der Waals surface area contributed by atoms with Gasteiger partial charge in [-0.3, -0.25) is 0 Å². The summed E-state index contributed by atoms with van der Waals surface area (Å²) in [7, 11) is 0. The molecule has 2 rings (SSSR count). The summed E-state index contributed by atoms with van der Waals surface area (Å²) >= 11 is 5.78. The Bertz CT molecular complexity index is 491. The van der Waals surface area contributed by atoms with E-state index in [4.69, 9.17) is 16.3 Å². The lowest BCUT2D eigenvalue weighted by Crippen LogP contribution is -1.87. The van der Waals surface area contributed by atoms with E-state index in [-0.39, 0.29) is 0 Å². The molecule has 0 spiro atoms. The van der Waals surface area contributed by atoms with Gasteiger partial charge in [0.2, 0.25) is 0 Å². The fraction of sp³-hybridized carbons (Fsp3) is 0.154. The number of ether oxygens (including phenoxy) is 1. The van der Waals surface area contributed by atoms with Crippen LogP contribution in [0.1, 0.15) is 11.1 Å². The van der Waals surface area contributed by atoms with Crippen molar-refractivity contribution in [3.63, 3.8) is 0 Å². The van der Waals surface area contributed by atoms with Crippen molar-refractivity contribution in [1.82, 2.24) is 4.98 Å². The first kappa shape index (κ1) is 11.0. The van der Waals surface area contributed by atoms with Gasteiger partial charge in [0.15, 0.2) is 0 Å². The summed E-state index contributed by atoms with van der Waals surface area (Å²) in [6.45, 7) is 4.08. The molecule has 0 aliphatic heterocycles. The largest absolute Gasteiger partial charge is 0.457 e. The maximum atomic E-state index is 5.78. The molecule has 2 nitrogen and oxygen atoms in total. The number of hydrogen-bond donors (Lipinski definition) is 0. The third kappa shape index (κ3) is 2.74. The van der Waals surface area contributed by atoms with E-state index in [0.717, 1.165) is 5.75 Å². The fourth-order valence-electron chi connectivity index (χ4n) is 1.58. The Hall–Kier alpha value is -1.54. The second-order valence-electron chi connectivity index (χ2n) is 3.74. The van der Waals surface area contributed by atoms with Crippen LogP contribution in [0.4, 0.5) is 0 Å². The first-order chi connectivity index (χ1) is 7.63. The zero-order valence-electron chi connectivity index (χ0n) is 9.20. The first-order valence-electron chi connectivity index (χ1n) is 5.01. The monoisotopic (exact) mass is 233 g/mol. The maximum Gasteiger partial charge on any atom is 0.132 e. The Morgan fingerprint density at radius 2 is 1.69 bits per heavy atom. The Labute approximate surface area is 99.9 Å². The van der Waals surface area contributed by atoms with Gasteiger partial charge < -0.3 is 4.74 Å². The minimum atomic E-state index is 0.432. The molecule has 0 N–H and O–H groups in total. The van der Waals surface area contributed by atoms with Gasteiger partial charge in [-0.25, -0.2) is 4.98 Å². The molecule has 0 aliphatic carbocycles. The number of nitrogens with zero attached hydrogens (tertiary/aromatic N) is 1. The molecule has 0 unspecified atom stereocenters. The Morgan fingerprint density at radius 3 is 2.31 bits per heavy atom. The van der Waals surface area contributed by atoms with Gasteiger partial charge >= 0.3 is 0 Å². The van der Waals surface area contributed by atoms with Crippen molar-refractivity contribution in [2.75, 3.05) is 0 Å². The predicted molar refractivity (Wildman–Crippen MR) is 65.2 cm³/mol. The lowest BCUT2D eigenvalue weighted by Gasteiger charge is -2.07. The molecule has 16 heavy (non-hydrogen) atoms. The third-order valence-electron chi connectivity index (χ3n) is 2.13. The van der Waals surface area contributed by atoms with Gasteiger partial charge in [0.25, 0.3) is 0 Å². The molecule has 2 aromatic rings. The van der Waals surface area contributed by atoms with Crippen LogP contribution in [-0.2, 0) is 0 Å². The average molecular weight is 234 g/mol. The van der Waals surface area contributed by atoms with E-state index in [9.17, 15) is 0 Å². The van der Waals surface area contributed by atoms with Crippen LogP contribution in [0.25, 0.3) is 0 Å². The summed E-state index contributed by atoms with van der Waals surface area (Å²) in [6, 6.07) is 9.55. The van der Waals surface area contributed by atoms with Gasteiger partial charge in [0.1, 0.15) is 16.7 Å². The molecule has 1 heterocycles. The molecule has 0 aliphatic rings. The zero-order valence-corrected chi connectivity index (χ0v) is 9.95. The summed E-state index contributed by atoms with van der Waals surface area (Å²) in [5, 5.41) is 0.432. The summed E-state index contributed by atoms with van der Waals surface area (Å²) in [5.41, 5.74) is 2.35. The van der Waals surface area contributed by atoms with E-state index in [1.54, 1.807) is 18.3 Å². The van der Waals surface area contributed by atoms with Gasteiger partial charge in [-0.2, -0.15) is 0 Å². The fourth-order valence-corrected chi connectivity index (χ4v) is 1.74. The van der Waals surface area contributed by atoms with E-state index in [0.29, 0.717) is 10.9 Å². The molecule has 1 aromatic heterocycles. The second-order valence-corrected chi connectivity index (χ2v) is 4.13. The second kappa shape index (κ2) is 4.54. The minimum absolute atomic E-state index is 0.432. The number of aryl methyl sites for hydroxylation is 2. The van der Waals surface area contributed by atoms with Crippen molar-refractivity contribution in [2.24, 2.45) is 0 Å². The minimum Gasteiger partial charge on any atom is -0.457 e. The first-order valence-corrected chi connectivity index (χ1v) is 5.39. The maximum absolute atomic E-state index is 5.78. The van der Waals surface area contributed by atoms with Crippen molar-refractivity contribution >= 4 is 11.6 Å². The summed E-state index contributed by atoms with van der Waals surface area (Å²) in [6.07, 6.45) is 1.63. The van der Waals surface area contributed by atoms with Crippen LogP contribution < -0.4 is 4.74 Å². The summed E-state index contributed by atoms with van der Waals surface area (Å²) < 4.78 is 5.70. The van der Waals surface area contributed by atoms with Crippen molar-refractivity contribution in [3.05, 3.63) is 52.8 Å². The highest BCUT2D eigenvalue weighted by molar-refractivity contribution is 6.29.